The van der Waals surface area contributed by atoms with Gasteiger partial charge in [0.05, 0.1) is 23.4 Å². The zero-order valence-corrected chi connectivity index (χ0v) is 20.7. The number of carbonyl (C=O) groups excluding carboxylic acids is 2. The zero-order chi connectivity index (χ0) is 26.7. The molecule has 0 unspecified atom stereocenters. The van der Waals surface area contributed by atoms with Crippen LogP contribution in [0.5, 0.6) is 11.6 Å². The number of alkyl halides is 3. The van der Waals surface area contributed by atoms with E-state index in [0.29, 0.717) is 16.2 Å². The van der Waals surface area contributed by atoms with Crippen LogP contribution in [0, 0.1) is 0 Å². The van der Waals surface area contributed by atoms with Gasteiger partial charge in [-0.2, -0.15) is 0 Å². The Morgan fingerprint density at radius 1 is 1.08 bits per heavy atom. The summed E-state index contributed by atoms with van der Waals surface area (Å²) in [7, 11) is 1.36. The van der Waals surface area contributed by atoms with Crippen molar-refractivity contribution < 1.29 is 32.2 Å². The molecule has 4 rings (SSSR count). The van der Waals surface area contributed by atoms with Crippen molar-refractivity contribution in [2.24, 2.45) is 0 Å². The third-order valence-electron chi connectivity index (χ3n) is 5.25. The van der Waals surface area contributed by atoms with E-state index in [1.807, 2.05) is 6.07 Å². The summed E-state index contributed by atoms with van der Waals surface area (Å²) in [6.07, 6.45) is -3.33. The number of aromatic nitrogens is 2. The number of halogens is 3. The maximum absolute atomic E-state index is 13.2. The average Bonchev–Trinajstić information content (AvgIpc) is 3.23. The summed E-state index contributed by atoms with van der Waals surface area (Å²) in [5, 5.41) is 5.81. The highest BCUT2D eigenvalue weighted by molar-refractivity contribution is 7.22. The molecule has 1 atom stereocenters. The van der Waals surface area contributed by atoms with Crippen molar-refractivity contribution in [1.29, 1.82) is 0 Å². The van der Waals surface area contributed by atoms with Gasteiger partial charge in [-0.25, -0.2) is 9.97 Å². The van der Waals surface area contributed by atoms with Crippen LogP contribution >= 0.6 is 11.3 Å². The number of para-hydroxylation sites is 1. The number of amides is 2. The minimum absolute atomic E-state index is 0.0556. The first-order valence-corrected chi connectivity index (χ1v) is 11.7. The number of nitrogens with zero attached hydrogens (tertiary/aromatic N) is 2. The fourth-order valence-electron chi connectivity index (χ4n) is 3.65. The maximum atomic E-state index is 13.2. The molecule has 2 N–H and O–H groups in total. The zero-order valence-electron chi connectivity index (χ0n) is 19.8. The molecule has 0 fully saturated rings. The second kappa shape index (κ2) is 10.4. The van der Waals surface area contributed by atoms with E-state index in [1.165, 1.54) is 43.6 Å². The molecule has 8 nitrogen and oxygen atoms in total. The minimum Gasteiger partial charge on any atom is -0.480 e. The first-order valence-electron chi connectivity index (χ1n) is 10.9. The van der Waals surface area contributed by atoms with Gasteiger partial charge < -0.3 is 20.1 Å². The van der Waals surface area contributed by atoms with Crippen LogP contribution in [0.15, 0.2) is 54.7 Å². The molecule has 0 aliphatic carbocycles. The van der Waals surface area contributed by atoms with Crippen LogP contribution in [0.4, 0.5) is 18.3 Å². The number of rotatable bonds is 7. The molecule has 192 valence electrons. The molecular formula is C25H21F3N4O4S. The molecule has 0 radical (unpaired) electrons. The van der Waals surface area contributed by atoms with Crippen LogP contribution in [0.2, 0.25) is 0 Å². The van der Waals surface area contributed by atoms with Crippen LogP contribution in [0.1, 0.15) is 35.8 Å². The topological polar surface area (TPSA) is 102 Å². The fraction of sp³-hybridized carbons (Fsp3) is 0.200. The Morgan fingerprint density at radius 2 is 1.84 bits per heavy atom. The normalized spacial score (nSPS) is 12.2. The van der Waals surface area contributed by atoms with Gasteiger partial charge >= 0.3 is 6.36 Å². The minimum atomic E-state index is -4.87. The predicted molar refractivity (Wildman–Crippen MR) is 133 cm³/mol. The lowest BCUT2D eigenvalue weighted by molar-refractivity contribution is -0.275. The lowest BCUT2D eigenvalue weighted by atomic mass is 10.0. The number of nitrogens with one attached hydrogen (secondary N) is 2. The molecule has 0 saturated heterocycles. The monoisotopic (exact) mass is 530 g/mol. The van der Waals surface area contributed by atoms with E-state index in [1.54, 1.807) is 37.4 Å². The fourth-order valence-corrected chi connectivity index (χ4v) is 4.60. The molecule has 37 heavy (non-hydrogen) atoms. The van der Waals surface area contributed by atoms with E-state index in [9.17, 15) is 22.8 Å². The first kappa shape index (κ1) is 25.9. The number of thiazole rings is 1. The van der Waals surface area contributed by atoms with Crippen molar-refractivity contribution in [3.63, 3.8) is 0 Å². The van der Waals surface area contributed by atoms with Crippen LogP contribution < -0.4 is 20.1 Å². The third kappa shape index (κ3) is 6.15. The standard InChI is InChI=1S/C25H21F3N4O4S/c1-13(17-6-4-5-7-20(17)36-25(26,27)28)30-22(34)18-10-16(12-29-23(18)35-3)15-8-9-19-21(11-15)37-24(32-19)31-14(2)33/h4-13H,1-3H3,(H,30,34)(H,31,32,33)/t13-/m1/s1. The van der Waals surface area contributed by atoms with Gasteiger partial charge in [-0.1, -0.05) is 35.6 Å². The quantitative estimate of drug-likeness (QED) is 0.317. The molecule has 2 aromatic heterocycles. The smallest absolute Gasteiger partial charge is 0.480 e. The number of benzene rings is 2. The molecule has 0 bridgehead atoms. The molecule has 0 aliphatic rings. The number of hydrogen-bond donors (Lipinski definition) is 2. The SMILES string of the molecule is COc1ncc(-c2ccc3nc(NC(C)=O)sc3c2)cc1C(=O)N[C@H](C)c1ccccc1OC(F)(F)F. The first-order chi connectivity index (χ1) is 17.5. The summed E-state index contributed by atoms with van der Waals surface area (Å²) < 4.78 is 48.6. The van der Waals surface area contributed by atoms with Gasteiger partial charge in [0.2, 0.25) is 11.8 Å². The second-order valence-electron chi connectivity index (χ2n) is 7.94. The Morgan fingerprint density at radius 3 is 2.54 bits per heavy atom. The van der Waals surface area contributed by atoms with Crippen molar-refractivity contribution in [2.75, 3.05) is 12.4 Å². The number of carbonyl (C=O) groups is 2. The molecule has 2 heterocycles. The summed E-state index contributed by atoms with van der Waals surface area (Å²) in [4.78, 5) is 33.1. The number of hydrogen-bond acceptors (Lipinski definition) is 7. The third-order valence-corrected chi connectivity index (χ3v) is 6.19. The number of methoxy groups -OCH3 is 1. The molecule has 0 spiro atoms. The lowest BCUT2D eigenvalue weighted by Gasteiger charge is -2.19. The van der Waals surface area contributed by atoms with Crippen LogP contribution in [0.3, 0.4) is 0 Å². The predicted octanol–water partition coefficient (Wildman–Crippen LogP) is 5.71. The number of ether oxygens (including phenoxy) is 2. The van der Waals surface area contributed by atoms with Gasteiger partial charge in [-0.3, -0.25) is 9.59 Å². The van der Waals surface area contributed by atoms with Gasteiger partial charge in [0, 0.05) is 24.2 Å². The molecule has 12 heteroatoms. The van der Waals surface area contributed by atoms with Crippen LogP contribution in [-0.4, -0.2) is 35.3 Å². The van der Waals surface area contributed by atoms with Gasteiger partial charge in [-0.15, -0.1) is 13.2 Å². The van der Waals surface area contributed by atoms with E-state index in [4.69, 9.17) is 4.74 Å². The van der Waals surface area contributed by atoms with Crippen LogP contribution in [0.25, 0.3) is 21.3 Å². The van der Waals surface area contributed by atoms with Gasteiger partial charge in [0.15, 0.2) is 5.13 Å². The van der Waals surface area contributed by atoms with Crippen LogP contribution in [-0.2, 0) is 4.79 Å². The average molecular weight is 531 g/mol. The molecule has 2 amide bonds. The number of pyridine rings is 1. The van der Waals surface area contributed by atoms with E-state index in [-0.39, 0.29) is 22.9 Å². The summed E-state index contributed by atoms with van der Waals surface area (Å²) in [6.45, 7) is 2.94. The highest BCUT2D eigenvalue weighted by Crippen LogP contribution is 2.33. The molecular weight excluding hydrogens is 509 g/mol. The van der Waals surface area contributed by atoms with E-state index in [2.05, 4.69) is 25.3 Å². The lowest BCUT2D eigenvalue weighted by Crippen LogP contribution is -2.28. The van der Waals surface area contributed by atoms with E-state index >= 15 is 0 Å². The summed E-state index contributed by atoms with van der Waals surface area (Å²) in [6, 6.07) is 11.8. The molecule has 0 aliphatic heterocycles. The Kier molecular flexibility index (Phi) is 7.30. The number of anilines is 1. The van der Waals surface area contributed by atoms with E-state index in [0.717, 1.165) is 10.3 Å². The van der Waals surface area contributed by atoms with Gasteiger partial charge in [0.1, 0.15) is 11.3 Å². The van der Waals surface area contributed by atoms with Crippen molar-refractivity contribution in [2.45, 2.75) is 26.3 Å². The Labute approximate surface area is 213 Å². The van der Waals surface area contributed by atoms with Crippen molar-refractivity contribution in [1.82, 2.24) is 15.3 Å². The highest BCUT2D eigenvalue weighted by Gasteiger charge is 2.32. The maximum Gasteiger partial charge on any atom is 0.573 e. The summed E-state index contributed by atoms with van der Waals surface area (Å²) >= 11 is 1.30. The summed E-state index contributed by atoms with van der Waals surface area (Å²) in [5.74, 6) is -1.17. The number of fused-ring (bicyclic) bond motifs is 1. The Balaban J connectivity index is 1.62. The molecule has 0 saturated carbocycles. The van der Waals surface area contributed by atoms with E-state index < -0.39 is 24.1 Å². The van der Waals surface area contributed by atoms with Gasteiger partial charge in [0.25, 0.3) is 5.91 Å². The largest absolute Gasteiger partial charge is 0.573 e. The Bertz CT molecular complexity index is 1470. The van der Waals surface area contributed by atoms with Gasteiger partial charge in [-0.05, 0) is 36.8 Å². The van der Waals surface area contributed by atoms with Crippen molar-refractivity contribution >= 4 is 38.5 Å². The summed E-state index contributed by atoms with van der Waals surface area (Å²) in [5.41, 5.74) is 2.30. The molecule has 4 aromatic rings. The van der Waals surface area contributed by atoms with Crippen molar-refractivity contribution in [3.8, 4) is 22.8 Å². The highest BCUT2D eigenvalue weighted by atomic mass is 32.1. The second-order valence-corrected chi connectivity index (χ2v) is 8.97. The molecule has 2 aromatic carbocycles. The van der Waals surface area contributed by atoms with Crippen molar-refractivity contribution in [3.05, 3.63) is 65.9 Å². The Hall–Kier alpha value is -4.19.